The van der Waals surface area contributed by atoms with Crippen LogP contribution in [0, 0.1) is 6.92 Å². The maximum Gasteiger partial charge on any atom is 0.231 e. The molecule has 0 fully saturated rings. The first-order valence-electron chi connectivity index (χ1n) is 5.74. The molecule has 3 heteroatoms. The second kappa shape index (κ2) is 4.18. The zero-order valence-electron chi connectivity index (χ0n) is 9.97. The third-order valence-corrected chi connectivity index (χ3v) is 3.08. The number of ether oxygens (including phenoxy) is 2. The average molecular weight is 240 g/mol. The van der Waals surface area contributed by atoms with E-state index in [1.54, 1.807) is 0 Å². The van der Waals surface area contributed by atoms with E-state index in [0.717, 1.165) is 34.5 Å². The van der Waals surface area contributed by atoms with Gasteiger partial charge in [-0.25, -0.2) is 0 Å². The van der Waals surface area contributed by atoms with Gasteiger partial charge in [0.1, 0.15) is 6.29 Å². The van der Waals surface area contributed by atoms with E-state index in [1.807, 2.05) is 43.3 Å². The Morgan fingerprint density at radius 3 is 2.72 bits per heavy atom. The zero-order valence-corrected chi connectivity index (χ0v) is 9.97. The predicted octanol–water partition coefficient (Wildman–Crippen LogP) is 3.20. The summed E-state index contributed by atoms with van der Waals surface area (Å²) in [6.07, 6.45) is 0.857. The van der Waals surface area contributed by atoms with Gasteiger partial charge in [0, 0.05) is 5.56 Å². The van der Waals surface area contributed by atoms with Gasteiger partial charge < -0.3 is 9.47 Å². The first kappa shape index (κ1) is 10.8. The number of benzene rings is 2. The lowest BCUT2D eigenvalue weighted by Gasteiger charge is -2.07. The molecule has 1 aliphatic heterocycles. The van der Waals surface area contributed by atoms with Gasteiger partial charge in [-0.15, -0.1) is 0 Å². The highest BCUT2D eigenvalue weighted by Crippen LogP contribution is 2.36. The summed E-state index contributed by atoms with van der Waals surface area (Å²) in [6.45, 7) is 2.29. The van der Waals surface area contributed by atoms with Gasteiger partial charge >= 0.3 is 0 Å². The largest absolute Gasteiger partial charge is 0.454 e. The molecule has 0 saturated carbocycles. The maximum atomic E-state index is 10.8. The summed E-state index contributed by atoms with van der Waals surface area (Å²) in [5.41, 5.74) is 3.87. The first-order chi connectivity index (χ1) is 8.78. The standard InChI is InChI=1S/C15H12O3/c1-10-2-3-11(8-16)6-13(10)12-4-5-14-15(7-12)18-9-17-14/h2-8H,9H2,1H3. The molecule has 0 bridgehead atoms. The van der Waals surface area contributed by atoms with Crippen LogP contribution in [0.25, 0.3) is 11.1 Å². The van der Waals surface area contributed by atoms with Crippen LogP contribution in [0.4, 0.5) is 0 Å². The van der Waals surface area contributed by atoms with Crippen LogP contribution >= 0.6 is 0 Å². The van der Waals surface area contributed by atoms with E-state index < -0.39 is 0 Å². The van der Waals surface area contributed by atoms with E-state index in [0.29, 0.717) is 5.56 Å². The maximum absolute atomic E-state index is 10.8. The fourth-order valence-corrected chi connectivity index (χ4v) is 2.09. The molecule has 0 unspecified atom stereocenters. The van der Waals surface area contributed by atoms with Crippen molar-refractivity contribution in [3.8, 4) is 22.6 Å². The number of carbonyl (C=O) groups excluding carboxylic acids is 1. The van der Waals surface area contributed by atoms with Crippen LogP contribution in [-0.4, -0.2) is 13.1 Å². The Hall–Kier alpha value is -2.29. The van der Waals surface area contributed by atoms with Crippen molar-refractivity contribution >= 4 is 6.29 Å². The molecule has 0 amide bonds. The quantitative estimate of drug-likeness (QED) is 0.756. The van der Waals surface area contributed by atoms with Crippen molar-refractivity contribution in [3.63, 3.8) is 0 Å². The molecule has 18 heavy (non-hydrogen) atoms. The fourth-order valence-electron chi connectivity index (χ4n) is 2.09. The Morgan fingerprint density at radius 2 is 1.89 bits per heavy atom. The minimum absolute atomic E-state index is 0.270. The van der Waals surface area contributed by atoms with Crippen molar-refractivity contribution in [2.75, 3.05) is 6.79 Å². The van der Waals surface area contributed by atoms with Crippen LogP contribution in [0.15, 0.2) is 36.4 Å². The Labute approximate surface area is 105 Å². The third kappa shape index (κ3) is 1.74. The van der Waals surface area contributed by atoms with E-state index in [2.05, 4.69) is 0 Å². The molecule has 0 atom stereocenters. The predicted molar refractivity (Wildman–Crippen MR) is 68.1 cm³/mol. The van der Waals surface area contributed by atoms with Crippen molar-refractivity contribution in [2.45, 2.75) is 6.92 Å². The summed E-state index contributed by atoms with van der Waals surface area (Å²) >= 11 is 0. The lowest BCUT2D eigenvalue weighted by Crippen LogP contribution is -1.92. The second-order valence-electron chi connectivity index (χ2n) is 4.26. The first-order valence-corrected chi connectivity index (χ1v) is 5.74. The van der Waals surface area contributed by atoms with Crippen LogP contribution in [0.5, 0.6) is 11.5 Å². The highest BCUT2D eigenvalue weighted by molar-refractivity contribution is 5.80. The molecule has 90 valence electrons. The number of aryl methyl sites for hydroxylation is 1. The summed E-state index contributed by atoms with van der Waals surface area (Å²) < 4.78 is 10.7. The number of aldehydes is 1. The van der Waals surface area contributed by atoms with Gasteiger partial charge in [-0.2, -0.15) is 0 Å². The number of hydrogen-bond acceptors (Lipinski definition) is 3. The summed E-state index contributed by atoms with van der Waals surface area (Å²) in [7, 11) is 0. The van der Waals surface area contributed by atoms with Crippen LogP contribution < -0.4 is 9.47 Å². The van der Waals surface area contributed by atoms with Crippen LogP contribution in [0.3, 0.4) is 0 Å². The van der Waals surface area contributed by atoms with E-state index >= 15 is 0 Å². The highest BCUT2D eigenvalue weighted by atomic mass is 16.7. The molecule has 0 spiro atoms. The third-order valence-electron chi connectivity index (χ3n) is 3.08. The topological polar surface area (TPSA) is 35.5 Å². The molecule has 1 heterocycles. The zero-order chi connectivity index (χ0) is 12.5. The van der Waals surface area contributed by atoms with Crippen molar-refractivity contribution in [1.29, 1.82) is 0 Å². The summed E-state index contributed by atoms with van der Waals surface area (Å²) in [4.78, 5) is 10.8. The average Bonchev–Trinajstić information content (AvgIpc) is 2.86. The van der Waals surface area contributed by atoms with E-state index in [9.17, 15) is 4.79 Å². The Bertz CT molecular complexity index is 617. The SMILES string of the molecule is Cc1ccc(C=O)cc1-c1ccc2c(c1)OCO2. The van der Waals surface area contributed by atoms with Crippen molar-refractivity contribution < 1.29 is 14.3 Å². The molecule has 3 rings (SSSR count). The molecule has 2 aromatic rings. The Balaban J connectivity index is 2.11. The summed E-state index contributed by atoms with van der Waals surface area (Å²) in [5, 5.41) is 0. The van der Waals surface area contributed by atoms with Gasteiger partial charge in [0.05, 0.1) is 0 Å². The van der Waals surface area contributed by atoms with E-state index in [4.69, 9.17) is 9.47 Å². The minimum Gasteiger partial charge on any atom is -0.454 e. The van der Waals surface area contributed by atoms with Crippen LogP contribution in [0.1, 0.15) is 15.9 Å². The van der Waals surface area contributed by atoms with Crippen LogP contribution in [-0.2, 0) is 0 Å². The minimum atomic E-state index is 0.270. The van der Waals surface area contributed by atoms with Crippen molar-refractivity contribution in [1.82, 2.24) is 0 Å². The molecule has 0 N–H and O–H groups in total. The smallest absolute Gasteiger partial charge is 0.231 e. The van der Waals surface area contributed by atoms with Gasteiger partial charge in [-0.05, 0) is 41.8 Å². The van der Waals surface area contributed by atoms with Gasteiger partial charge in [0.25, 0.3) is 0 Å². The summed E-state index contributed by atoms with van der Waals surface area (Å²) in [5.74, 6) is 1.52. The number of fused-ring (bicyclic) bond motifs is 1. The molecular weight excluding hydrogens is 228 g/mol. The normalized spacial score (nSPS) is 12.5. The Morgan fingerprint density at radius 1 is 1.06 bits per heavy atom. The lowest BCUT2D eigenvalue weighted by atomic mass is 9.98. The van der Waals surface area contributed by atoms with Gasteiger partial charge in [-0.1, -0.05) is 18.2 Å². The molecular formula is C15H12O3. The van der Waals surface area contributed by atoms with Gasteiger partial charge in [-0.3, -0.25) is 4.79 Å². The van der Waals surface area contributed by atoms with E-state index in [-0.39, 0.29) is 6.79 Å². The monoisotopic (exact) mass is 240 g/mol. The molecule has 3 nitrogen and oxygen atoms in total. The van der Waals surface area contributed by atoms with Crippen LogP contribution in [0.2, 0.25) is 0 Å². The van der Waals surface area contributed by atoms with E-state index in [1.165, 1.54) is 0 Å². The van der Waals surface area contributed by atoms with Crippen molar-refractivity contribution in [2.24, 2.45) is 0 Å². The Kier molecular flexibility index (Phi) is 2.52. The highest BCUT2D eigenvalue weighted by Gasteiger charge is 2.14. The molecule has 0 aromatic heterocycles. The number of hydrogen-bond donors (Lipinski definition) is 0. The lowest BCUT2D eigenvalue weighted by molar-refractivity contribution is 0.112. The molecule has 1 aliphatic rings. The fraction of sp³-hybridized carbons (Fsp3) is 0.133. The van der Waals surface area contributed by atoms with Gasteiger partial charge in [0.15, 0.2) is 11.5 Å². The molecule has 2 aromatic carbocycles. The van der Waals surface area contributed by atoms with Crippen molar-refractivity contribution in [3.05, 3.63) is 47.5 Å². The molecule has 0 aliphatic carbocycles. The molecule has 0 saturated heterocycles. The molecule has 0 radical (unpaired) electrons. The summed E-state index contributed by atoms with van der Waals surface area (Å²) in [6, 6.07) is 11.5. The number of carbonyl (C=O) groups is 1. The second-order valence-corrected chi connectivity index (χ2v) is 4.26. The number of rotatable bonds is 2. The van der Waals surface area contributed by atoms with Gasteiger partial charge in [0.2, 0.25) is 6.79 Å².